The molecule has 0 saturated carbocycles. The summed E-state index contributed by atoms with van der Waals surface area (Å²) in [6.07, 6.45) is 1.58. The molecule has 130 valence electrons. The Hall–Kier alpha value is -2.73. The standard InChI is InChI=1S/C19H19FN2O3/c20-15-5-1-13(2-6-15)18(23)22-16-7-3-14(4-8-16)19(24)25-17-9-11-21-12-10-17/h1-8,17,21H,9-12H2,(H,22,23). The smallest absolute Gasteiger partial charge is 0.338 e. The molecule has 1 aliphatic rings. The number of hydrogen-bond acceptors (Lipinski definition) is 4. The zero-order valence-corrected chi connectivity index (χ0v) is 13.6. The lowest BCUT2D eigenvalue weighted by molar-refractivity contribution is 0.0229. The van der Waals surface area contributed by atoms with Crippen LogP contribution in [-0.4, -0.2) is 31.1 Å². The van der Waals surface area contributed by atoms with Crippen LogP contribution in [0.2, 0.25) is 0 Å². The van der Waals surface area contributed by atoms with Gasteiger partial charge in [0.2, 0.25) is 0 Å². The number of carbonyl (C=O) groups is 2. The van der Waals surface area contributed by atoms with Crippen molar-refractivity contribution in [3.8, 4) is 0 Å². The minimum absolute atomic E-state index is 0.0494. The first kappa shape index (κ1) is 17.1. The number of halogens is 1. The lowest BCUT2D eigenvalue weighted by atomic mass is 10.1. The molecule has 5 nitrogen and oxygen atoms in total. The van der Waals surface area contributed by atoms with Crippen molar-refractivity contribution in [1.29, 1.82) is 0 Å². The molecular weight excluding hydrogens is 323 g/mol. The summed E-state index contributed by atoms with van der Waals surface area (Å²) >= 11 is 0. The number of piperidine rings is 1. The van der Waals surface area contributed by atoms with E-state index in [9.17, 15) is 14.0 Å². The minimum Gasteiger partial charge on any atom is -0.459 e. The molecule has 1 saturated heterocycles. The van der Waals surface area contributed by atoms with Crippen LogP contribution in [0, 0.1) is 5.82 Å². The van der Waals surface area contributed by atoms with E-state index >= 15 is 0 Å². The molecule has 0 radical (unpaired) electrons. The number of esters is 1. The second-order valence-electron chi connectivity index (χ2n) is 5.89. The van der Waals surface area contributed by atoms with Crippen molar-refractivity contribution in [3.63, 3.8) is 0 Å². The number of hydrogen-bond donors (Lipinski definition) is 2. The number of amides is 1. The van der Waals surface area contributed by atoms with Gasteiger partial charge >= 0.3 is 5.97 Å². The van der Waals surface area contributed by atoms with Crippen LogP contribution in [0.25, 0.3) is 0 Å². The summed E-state index contributed by atoms with van der Waals surface area (Å²) in [5.41, 5.74) is 1.35. The maximum Gasteiger partial charge on any atom is 0.338 e. The molecule has 1 aliphatic heterocycles. The first-order valence-corrected chi connectivity index (χ1v) is 8.20. The third kappa shape index (κ3) is 4.64. The molecule has 25 heavy (non-hydrogen) atoms. The molecule has 0 unspecified atom stereocenters. The van der Waals surface area contributed by atoms with Gasteiger partial charge < -0.3 is 15.4 Å². The monoisotopic (exact) mass is 342 g/mol. The van der Waals surface area contributed by atoms with Gasteiger partial charge in [-0.2, -0.15) is 0 Å². The average Bonchev–Trinajstić information content (AvgIpc) is 2.63. The topological polar surface area (TPSA) is 67.4 Å². The van der Waals surface area contributed by atoms with Crippen molar-refractivity contribution in [2.24, 2.45) is 0 Å². The molecular formula is C19H19FN2O3. The van der Waals surface area contributed by atoms with Crippen molar-refractivity contribution in [1.82, 2.24) is 5.32 Å². The van der Waals surface area contributed by atoms with Gasteiger partial charge in [0.05, 0.1) is 5.56 Å². The van der Waals surface area contributed by atoms with Crippen LogP contribution in [0.1, 0.15) is 33.6 Å². The number of nitrogens with one attached hydrogen (secondary N) is 2. The van der Waals surface area contributed by atoms with Crippen LogP contribution in [0.3, 0.4) is 0 Å². The Morgan fingerprint density at radius 3 is 2.20 bits per heavy atom. The van der Waals surface area contributed by atoms with E-state index in [0.717, 1.165) is 25.9 Å². The van der Waals surface area contributed by atoms with Crippen molar-refractivity contribution in [3.05, 3.63) is 65.5 Å². The summed E-state index contributed by atoms with van der Waals surface area (Å²) in [7, 11) is 0. The summed E-state index contributed by atoms with van der Waals surface area (Å²) in [6.45, 7) is 1.71. The Labute approximate surface area is 145 Å². The van der Waals surface area contributed by atoms with E-state index in [-0.39, 0.29) is 18.0 Å². The van der Waals surface area contributed by atoms with Gasteiger partial charge in [-0.05, 0) is 74.5 Å². The lowest BCUT2D eigenvalue weighted by Crippen LogP contribution is -2.33. The summed E-state index contributed by atoms with van der Waals surface area (Å²) in [6, 6.07) is 11.8. The zero-order valence-electron chi connectivity index (χ0n) is 13.6. The molecule has 0 aliphatic carbocycles. The Balaban J connectivity index is 1.58. The van der Waals surface area contributed by atoms with Crippen molar-refractivity contribution >= 4 is 17.6 Å². The normalized spacial score (nSPS) is 14.8. The van der Waals surface area contributed by atoms with Crippen LogP contribution in [0.15, 0.2) is 48.5 Å². The zero-order chi connectivity index (χ0) is 17.6. The quantitative estimate of drug-likeness (QED) is 0.838. The average molecular weight is 342 g/mol. The van der Waals surface area contributed by atoms with Crippen LogP contribution < -0.4 is 10.6 Å². The Morgan fingerprint density at radius 2 is 1.56 bits per heavy atom. The number of carbonyl (C=O) groups excluding carboxylic acids is 2. The third-order valence-corrected chi connectivity index (χ3v) is 4.04. The molecule has 2 N–H and O–H groups in total. The van der Waals surface area contributed by atoms with E-state index in [1.165, 1.54) is 24.3 Å². The highest BCUT2D eigenvalue weighted by atomic mass is 19.1. The highest BCUT2D eigenvalue weighted by Crippen LogP contribution is 2.15. The highest BCUT2D eigenvalue weighted by Gasteiger charge is 2.18. The van der Waals surface area contributed by atoms with E-state index in [1.807, 2.05) is 0 Å². The number of benzene rings is 2. The fraction of sp³-hybridized carbons (Fsp3) is 0.263. The van der Waals surface area contributed by atoms with Crippen molar-refractivity contribution in [2.45, 2.75) is 18.9 Å². The molecule has 3 rings (SSSR count). The molecule has 1 amide bonds. The van der Waals surface area contributed by atoms with E-state index in [4.69, 9.17) is 4.74 Å². The van der Waals surface area contributed by atoms with Gasteiger partial charge in [-0.15, -0.1) is 0 Å². The molecule has 6 heteroatoms. The van der Waals surface area contributed by atoms with Crippen molar-refractivity contribution in [2.75, 3.05) is 18.4 Å². The van der Waals surface area contributed by atoms with Crippen LogP contribution in [0.5, 0.6) is 0 Å². The SMILES string of the molecule is O=C(Nc1ccc(C(=O)OC2CCNCC2)cc1)c1ccc(F)cc1. The van der Waals surface area contributed by atoms with Gasteiger partial charge in [-0.25, -0.2) is 9.18 Å². The van der Waals surface area contributed by atoms with Crippen LogP contribution >= 0.6 is 0 Å². The first-order chi connectivity index (χ1) is 12.1. The van der Waals surface area contributed by atoms with E-state index in [0.29, 0.717) is 16.8 Å². The van der Waals surface area contributed by atoms with Crippen LogP contribution in [0.4, 0.5) is 10.1 Å². The van der Waals surface area contributed by atoms with Gasteiger partial charge in [0.1, 0.15) is 11.9 Å². The number of anilines is 1. The van der Waals surface area contributed by atoms with Gasteiger partial charge in [-0.3, -0.25) is 4.79 Å². The van der Waals surface area contributed by atoms with Gasteiger partial charge in [0.15, 0.2) is 0 Å². The first-order valence-electron chi connectivity index (χ1n) is 8.20. The minimum atomic E-state index is -0.395. The van der Waals surface area contributed by atoms with E-state index < -0.39 is 5.82 Å². The predicted octanol–water partition coefficient (Wildman–Crippen LogP) is 2.99. The van der Waals surface area contributed by atoms with Crippen molar-refractivity contribution < 1.29 is 18.7 Å². The molecule has 0 aromatic heterocycles. The predicted molar refractivity (Wildman–Crippen MR) is 92.1 cm³/mol. The van der Waals surface area contributed by atoms with Gasteiger partial charge in [0, 0.05) is 11.3 Å². The molecule has 0 bridgehead atoms. The molecule has 0 atom stereocenters. The molecule has 1 heterocycles. The second-order valence-corrected chi connectivity index (χ2v) is 5.89. The highest BCUT2D eigenvalue weighted by molar-refractivity contribution is 6.04. The molecule has 2 aromatic carbocycles. The molecule has 0 spiro atoms. The Bertz CT molecular complexity index is 738. The summed E-state index contributed by atoms with van der Waals surface area (Å²) in [5.74, 6) is -1.10. The van der Waals surface area contributed by atoms with E-state index in [2.05, 4.69) is 10.6 Å². The lowest BCUT2D eigenvalue weighted by Gasteiger charge is -2.22. The second kappa shape index (κ2) is 7.90. The molecule has 2 aromatic rings. The fourth-order valence-corrected chi connectivity index (χ4v) is 2.63. The number of rotatable bonds is 4. The van der Waals surface area contributed by atoms with Gasteiger partial charge in [-0.1, -0.05) is 0 Å². The Kier molecular flexibility index (Phi) is 5.40. The van der Waals surface area contributed by atoms with E-state index in [1.54, 1.807) is 24.3 Å². The maximum absolute atomic E-state index is 12.9. The maximum atomic E-state index is 12.9. The summed E-state index contributed by atoms with van der Waals surface area (Å²) in [4.78, 5) is 24.2. The Morgan fingerprint density at radius 1 is 0.960 bits per heavy atom. The molecule has 1 fully saturated rings. The third-order valence-electron chi connectivity index (χ3n) is 4.04. The fourth-order valence-electron chi connectivity index (χ4n) is 2.63. The van der Waals surface area contributed by atoms with Crippen LogP contribution in [-0.2, 0) is 4.74 Å². The summed E-state index contributed by atoms with van der Waals surface area (Å²) in [5, 5.41) is 5.92. The number of ether oxygens (including phenoxy) is 1. The summed E-state index contributed by atoms with van der Waals surface area (Å²) < 4.78 is 18.4. The van der Waals surface area contributed by atoms with Gasteiger partial charge in [0.25, 0.3) is 5.91 Å². The largest absolute Gasteiger partial charge is 0.459 e.